The van der Waals surface area contributed by atoms with Gasteiger partial charge in [0, 0.05) is 5.41 Å². The summed E-state index contributed by atoms with van der Waals surface area (Å²) < 4.78 is 0. The first-order chi connectivity index (χ1) is 10.3. The zero-order valence-corrected chi connectivity index (χ0v) is 13.7. The van der Waals surface area contributed by atoms with Crippen LogP contribution in [0.2, 0.25) is 0 Å². The van der Waals surface area contributed by atoms with E-state index in [0.717, 1.165) is 19.3 Å². The number of hydrogen-bond acceptors (Lipinski definition) is 1. The van der Waals surface area contributed by atoms with Crippen LogP contribution in [0.3, 0.4) is 0 Å². The van der Waals surface area contributed by atoms with Gasteiger partial charge in [0.2, 0.25) is 0 Å². The molecule has 1 aliphatic carbocycles. The summed E-state index contributed by atoms with van der Waals surface area (Å²) >= 11 is 0. The summed E-state index contributed by atoms with van der Waals surface area (Å²) in [4.78, 5) is 0. The van der Waals surface area contributed by atoms with Crippen molar-refractivity contribution in [3.8, 4) is 0 Å². The molecular weight excluding hydrogens is 256 g/mol. The quantitative estimate of drug-likeness (QED) is 0.585. The third-order valence-corrected chi connectivity index (χ3v) is 5.31. The van der Waals surface area contributed by atoms with Crippen molar-refractivity contribution < 1.29 is 5.11 Å². The molecule has 0 aromatic heterocycles. The third-order valence-electron chi connectivity index (χ3n) is 5.31. The van der Waals surface area contributed by atoms with Gasteiger partial charge in [-0.3, -0.25) is 0 Å². The molecule has 1 aromatic carbocycles. The van der Waals surface area contributed by atoms with E-state index in [1.807, 2.05) is 0 Å². The number of hydrogen-bond donors (Lipinski definition) is 1. The van der Waals surface area contributed by atoms with Gasteiger partial charge in [-0.15, -0.1) is 0 Å². The van der Waals surface area contributed by atoms with Crippen molar-refractivity contribution in [2.75, 3.05) is 0 Å². The summed E-state index contributed by atoms with van der Waals surface area (Å²) in [5.41, 5.74) is 1.41. The van der Waals surface area contributed by atoms with E-state index in [1.165, 1.54) is 56.9 Å². The minimum absolute atomic E-state index is 0.0463. The molecule has 1 heteroatoms. The van der Waals surface area contributed by atoms with Crippen LogP contribution in [0, 0.1) is 0 Å². The zero-order valence-electron chi connectivity index (χ0n) is 13.7. The Morgan fingerprint density at radius 1 is 0.952 bits per heavy atom. The van der Waals surface area contributed by atoms with Crippen molar-refractivity contribution in [1.82, 2.24) is 0 Å². The highest BCUT2D eigenvalue weighted by atomic mass is 16.3. The molecule has 0 amide bonds. The van der Waals surface area contributed by atoms with Crippen LogP contribution >= 0.6 is 0 Å². The molecule has 1 saturated carbocycles. The fourth-order valence-corrected chi connectivity index (χ4v) is 3.98. The van der Waals surface area contributed by atoms with Gasteiger partial charge in [0.15, 0.2) is 0 Å². The highest BCUT2D eigenvalue weighted by Crippen LogP contribution is 2.45. The van der Waals surface area contributed by atoms with E-state index in [1.54, 1.807) is 0 Å². The second kappa shape index (κ2) is 8.58. The summed E-state index contributed by atoms with van der Waals surface area (Å²) in [5.74, 6) is 0. The molecule has 2 rings (SSSR count). The van der Waals surface area contributed by atoms with Crippen molar-refractivity contribution in [1.29, 1.82) is 0 Å². The van der Waals surface area contributed by atoms with Gasteiger partial charge in [-0.25, -0.2) is 0 Å². The molecule has 1 N–H and O–H groups in total. The third kappa shape index (κ3) is 4.32. The van der Waals surface area contributed by atoms with Gasteiger partial charge < -0.3 is 5.11 Å². The molecule has 1 atom stereocenters. The molecule has 21 heavy (non-hydrogen) atoms. The smallest absolute Gasteiger partial charge is 0.0636 e. The summed E-state index contributed by atoms with van der Waals surface area (Å²) in [6, 6.07) is 10.7. The van der Waals surface area contributed by atoms with Gasteiger partial charge in [-0.2, -0.15) is 0 Å². The molecular formula is C20H32O. The largest absolute Gasteiger partial charge is 0.392 e. The van der Waals surface area contributed by atoms with E-state index in [2.05, 4.69) is 37.3 Å². The van der Waals surface area contributed by atoms with Crippen molar-refractivity contribution in [2.45, 2.75) is 89.1 Å². The molecule has 1 aliphatic rings. The molecule has 0 radical (unpaired) electrons. The number of rotatable bonds is 9. The zero-order chi connectivity index (χ0) is 15.0. The SMILES string of the molecule is CCCCCCCCC(O)C1(c2ccccc2)CCCC1. The van der Waals surface area contributed by atoms with Gasteiger partial charge >= 0.3 is 0 Å². The van der Waals surface area contributed by atoms with E-state index < -0.39 is 0 Å². The normalized spacial score (nSPS) is 18.8. The van der Waals surface area contributed by atoms with Gasteiger partial charge in [0.05, 0.1) is 6.10 Å². The monoisotopic (exact) mass is 288 g/mol. The van der Waals surface area contributed by atoms with Crippen LogP contribution in [0.25, 0.3) is 0 Å². The average molecular weight is 288 g/mol. The lowest BCUT2D eigenvalue weighted by Crippen LogP contribution is -2.37. The summed E-state index contributed by atoms with van der Waals surface area (Å²) in [6.45, 7) is 2.26. The van der Waals surface area contributed by atoms with Crippen LogP contribution in [0.15, 0.2) is 30.3 Å². The molecule has 0 saturated heterocycles. The lowest BCUT2D eigenvalue weighted by atomic mass is 9.72. The standard InChI is InChI=1S/C20H32O/c1-2-3-4-5-6-10-15-19(21)20(16-11-12-17-20)18-13-8-7-9-14-18/h7-9,13-14,19,21H,2-6,10-12,15-17H2,1H3. The van der Waals surface area contributed by atoms with Gasteiger partial charge in [-0.05, 0) is 24.8 Å². The van der Waals surface area contributed by atoms with Crippen LogP contribution in [0.1, 0.15) is 83.1 Å². The van der Waals surface area contributed by atoms with Crippen molar-refractivity contribution in [3.63, 3.8) is 0 Å². The number of aliphatic hydroxyl groups excluding tert-OH is 1. The maximum absolute atomic E-state index is 10.9. The highest BCUT2D eigenvalue weighted by Gasteiger charge is 2.41. The predicted molar refractivity (Wildman–Crippen MR) is 90.6 cm³/mol. The summed E-state index contributed by atoms with van der Waals surface area (Å²) in [5, 5.41) is 10.9. The molecule has 1 aromatic rings. The van der Waals surface area contributed by atoms with Crippen LogP contribution < -0.4 is 0 Å². The van der Waals surface area contributed by atoms with E-state index in [9.17, 15) is 5.11 Å². The summed E-state index contributed by atoms with van der Waals surface area (Å²) in [7, 11) is 0. The van der Waals surface area contributed by atoms with E-state index in [4.69, 9.17) is 0 Å². The molecule has 118 valence electrons. The maximum atomic E-state index is 10.9. The van der Waals surface area contributed by atoms with Gasteiger partial charge in [-0.1, -0.05) is 88.6 Å². The maximum Gasteiger partial charge on any atom is 0.0636 e. The Balaban J connectivity index is 1.87. The Labute approximate surface area is 130 Å². The lowest BCUT2D eigenvalue weighted by Gasteiger charge is -2.35. The first kappa shape index (κ1) is 16.5. The van der Waals surface area contributed by atoms with Crippen LogP contribution in [-0.4, -0.2) is 11.2 Å². The Morgan fingerprint density at radius 3 is 2.24 bits per heavy atom. The van der Waals surface area contributed by atoms with Crippen LogP contribution in [0.5, 0.6) is 0 Å². The van der Waals surface area contributed by atoms with Crippen molar-refractivity contribution >= 4 is 0 Å². The van der Waals surface area contributed by atoms with E-state index in [0.29, 0.717) is 0 Å². The second-order valence-corrected chi connectivity index (χ2v) is 6.80. The van der Waals surface area contributed by atoms with Crippen LogP contribution in [-0.2, 0) is 5.41 Å². The highest BCUT2D eigenvalue weighted by molar-refractivity contribution is 5.28. The molecule has 0 aliphatic heterocycles. The van der Waals surface area contributed by atoms with E-state index in [-0.39, 0.29) is 11.5 Å². The minimum Gasteiger partial charge on any atom is -0.392 e. The molecule has 0 heterocycles. The topological polar surface area (TPSA) is 20.2 Å². The van der Waals surface area contributed by atoms with Gasteiger partial charge in [0.1, 0.15) is 0 Å². The molecule has 1 nitrogen and oxygen atoms in total. The fourth-order valence-electron chi connectivity index (χ4n) is 3.98. The molecule has 1 unspecified atom stereocenters. The first-order valence-corrected chi connectivity index (χ1v) is 9.03. The predicted octanol–water partition coefficient (Wildman–Crippen LogP) is 5.61. The lowest BCUT2D eigenvalue weighted by molar-refractivity contribution is 0.0718. The molecule has 1 fully saturated rings. The Hall–Kier alpha value is -0.820. The summed E-state index contributed by atoms with van der Waals surface area (Å²) in [6.07, 6.45) is 13.5. The molecule has 0 bridgehead atoms. The Morgan fingerprint density at radius 2 is 1.57 bits per heavy atom. The van der Waals surface area contributed by atoms with Crippen LogP contribution in [0.4, 0.5) is 0 Å². The molecule has 0 spiro atoms. The number of benzene rings is 1. The number of aliphatic hydroxyl groups is 1. The van der Waals surface area contributed by atoms with E-state index >= 15 is 0 Å². The Kier molecular flexibility index (Phi) is 6.76. The first-order valence-electron chi connectivity index (χ1n) is 9.03. The Bertz CT molecular complexity index is 378. The van der Waals surface area contributed by atoms with Gasteiger partial charge in [0.25, 0.3) is 0 Å². The number of unbranched alkanes of at least 4 members (excludes halogenated alkanes) is 5. The fraction of sp³-hybridized carbons (Fsp3) is 0.700. The average Bonchev–Trinajstić information content (AvgIpc) is 3.02. The minimum atomic E-state index is -0.159. The van der Waals surface area contributed by atoms with Crippen molar-refractivity contribution in [3.05, 3.63) is 35.9 Å². The second-order valence-electron chi connectivity index (χ2n) is 6.80. The van der Waals surface area contributed by atoms with Crippen molar-refractivity contribution in [2.24, 2.45) is 0 Å².